The van der Waals surface area contributed by atoms with Crippen LogP contribution in [0.25, 0.3) is 11.3 Å². The van der Waals surface area contributed by atoms with Crippen molar-refractivity contribution in [2.24, 2.45) is 0 Å². The summed E-state index contributed by atoms with van der Waals surface area (Å²) < 4.78 is 2.15. The van der Waals surface area contributed by atoms with Crippen molar-refractivity contribution >= 4 is 23.2 Å². The lowest BCUT2D eigenvalue weighted by Crippen LogP contribution is -2.22. The van der Waals surface area contributed by atoms with Crippen LogP contribution in [0.1, 0.15) is 19.3 Å². The minimum Gasteiger partial charge on any atom is -0.331 e. The molecular weight excluding hydrogens is 293 g/mol. The van der Waals surface area contributed by atoms with E-state index >= 15 is 0 Å². The molecule has 1 saturated heterocycles. The topological polar surface area (TPSA) is 29.9 Å². The molecule has 0 saturated carbocycles. The summed E-state index contributed by atoms with van der Waals surface area (Å²) in [7, 11) is 0. The molecule has 0 spiro atoms. The smallest absolute Gasteiger partial charge is 0.0950 e. The van der Waals surface area contributed by atoms with Crippen molar-refractivity contribution in [1.82, 2.24) is 14.9 Å². The Balaban J connectivity index is 1.80. The van der Waals surface area contributed by atoms with Gasteiger partial charge in [0, 0.05) is 23.2 Å². The van der Waals surface area contributed by atoms with Crippen molar-refractivity contribution in [3.8, 4) is 11.3 Å². The van der Waals surface area contributed by atoms with Gasteiger partial charge in [-0.3, -0.25) is 0 Å². The number of nitrogens with zero attached hydrogens (tertiary/aromatic N) is 2. The van der Waals surface area contributed by atoms with Crippen LogP contribution in [0.15, 0.2) is 30.7 Å². The average Bonchev–Trinajstić information content (AvgIpc) is 3.09. The van der Waals surface area contributed by atoms with E-state index in [0.717, 1.165) is 30.8 Å². The Morgan fingerprint density at radius 2 is 2.25 bits per heavy atom. The van der Waals surface area contributed by atoms with Crippen LogP contribution in [0, 0.1) is 0 Å². The molecule has 1 aromatic heterocycles. The summed E-state index contributed by atoms with van der Waals surface area (Å²) in [4.78, 5) is 4.26. The number of aromatic nitrogens is 2. The second kappa shape index (κ2) is 6.17. The van der Waals surface area contributed by atoms with Gasteiger partial charge in [0.15, 0.2) is 0 Å². The highest BCUT2D eigenvalue weighted by Gasteiger charge is 2.15. The third-order valence-electron chi connectivity index (χ3n) is 3.80. The van der Waals surface area contributed by atoms with Crippen LogP contribution in [0.2, 0.25) is 10.0 Å². The van der Waals surface area contributed by atoms with Gasteiger partial charge in [0.2, 0.25) is 0 Å². The first kappa shape index (κ1) is 13.9. The van der Waals surface area contributed by atoms with Gasteiger partial charge in [-0.2, -0.15) is 0 Å². The lowest BCUT2D eigenvalue weighted by atomic mass is 10.1. The monoisotopic (exact) mass is 309 g/mol. The van der Waals surface area contributed by atoms with E-state index in [9.17, 15) is 0 Å². The summed E-state index contributed by atoms with van der Waals surface area (Å²) in [5.41, 5.74) is 1.96. The second-order valence-electron chi connectivity index (χ2n) is 5.18. The zero-order valence-corrected chi connectivity index (χ0v) is 12.7. The highest BCUT2D eigenvalue weighted by atomic mass is 35.5. The molecule has 2 aromatic rings. The van der Waals surface area contributed by atoms with Crippen molar-refractivity contribution in [3.05, 3.63) is 40.8 Å². The van der Waals surface area contributed by atoms with Gasteiger partial charge in [0.05, 0.1) is 23.2 Å². The van der Waals surface area contributed by atoms with Gasteiger partial charge >= 0.3 is 0 Å². The number of aryl methyl sites for hydroxylation is 1. The Labute approximate surface area is 128 Å². The molecule has 5 heteroatoms. The first-order valence-electron chi connectivity index (χ1n) is 6.93. The molecule has 1 N–H and O–H groups in total. The molecule has 1 aliphatic heterocycles. The predicted octanol–water partition coefficient (Wildman–Crippen LogP) is 4.00. The Bertz CT molecular complexity index is 589. The molecule has 0 amide bonds. The fraction of sp³-hybridized carbons (Fsp3) is 0.400. The standard InChI is InChI=1S/C15H17Cl2N3/c16-11-3-4-14(17)13(8-11)15-9-18-10-20(15)7-5-12-2-1-6-19-12/h3-4,8-10,12,19H,1-2,5-7H2. The van der Waals surface area contributed by atoms with Gasteiger partial charge in [0.1, 0.15) is 0 Å². The van der Waals surface area contributed by atoms with Crippen molar-refractivity contribution < 1.29 is 0 Å². The van der Waals surface area contributed by atoms with Gasteiger partial charge in [-0.05, 0) is 44.0 Å². The molecule has 1 unspecified atom stereocenters. The summed E-state index contributed by atoms with van der Waals surface area (Å²) in [5, 5.41) is 4.91. The Morgan fingerprint density at radius 1 is 1.35 bits per heavy atom. The Hall–Kier alpha value is -1.03. The molecule has 3 nitrogen and oxygen atoms in total. The summed E-state index contributed by atoms with van der Waals surface area (Å²) >= 11 is 12.3. The van der Waals surface area contributed by atoms with Gasteiger partial charge in [0.25, 0.3) is 0 Å². The molecule has 1 fully saturated rings. The number of hydrogen-bond acceptors (Lipinski definition) is 2. The Morgan fingerprint density at radius 3 is 3.05 bits per heavy atom. The average molecular weight is 310 g/mol. The predicted molar refractivity (Wildman–Crippen MR) is 83.3 cm³/mol. The molecule has 3 rings (SSSR count). The molecule has 20 heavy (non-hydrogen) atoms. The van der Waals surface area contributed by atoms with Gasteiger partial charge < -0.3 is 9.88 Å². The van der Waals surface area contributed by atoms with Crippen LogP contribution >= 0.6 is 23.2 Å². The fourth-order valence-corrected chi connectivity index (χ4v) is 3.10. The molecule has 0 aliphatic carbocycles. The van der Waals surface area contributed by atoms with E-state index in [1.165, 1.54) is 12.8 Å². The van der Waals surface area contributed by atoms with Crippen molar-refractivity contribution in [3.63, 3.8) is 0 Å². The highest BCUT2D eigenvalue weighted by molar-refractivity contribution is 6.35. The van der Waals surface area contributed by atoms with E-state index in [4.69, 9.17) is 23.2 Å². The van der Waals surface area contributed by atoms with Crippen LogP contribution in [-0.4, -0.2) is 22.1 Å². The number of benzene rings is 1. The van der Waals surface area contributed by atoms with Crippen molar-refractivity contribution in [2.75, 3.05) is 6.54 Å². The maximum atomic E-state index is 6.27. The number of rotatable bonds is 4. The lowest BCUT2D eigenvalue weighted by Gasteiger charge is -2.13. The van der Waals surface area contributed by atoms with E-state index < -0.39 is 0 Å². The van der Waals surface area contributed by atoms with Crippen LogP contribution < -0.4 is 5.32 Å². The molecule has 2 heterocycles. The summed E-state index contributed by atoms with van der Waals surface area (Å²) in [6.07, 6.45) is 7.37. The first-order chi connectivity index (χ1) is 9.74. The number of halogens is 2. The van der Waals surface area contributed by atoms with E-state index in [0.29, 0.717) is 16.1 Å². The molecule has 106 valence electrons. The van der Waals surface area contributed by atoms with Crippen LogP contribution in [0.4, 0.5) is 0 Å². The van der Waals surface area contributed by atoms with E-state index in [2.05, 4.69) is 14.9 Å². The highest BCUT2D eigenvalue weighted by Crippen LogP contribution is 2.30. The summed E-state index contributed by atoms with van der Waals surface area (Å²) in [6, 6.07) is 6.15. The maximum Gasteiger partial charge on any atom is 0.0950 e. The quantitative estimate of drug-likeness (QED) is 0.925. The van der Waals surface area contributed by atoms with Gasteiger partial charge in [-0.25, -0.2) is 4.98 Å². The third-order valence-corrected chi connectivity index (χ3v) is 4.36. The molecule has 0 bridgehead atoms. The lowest BCUT2D eigenvalue weighted by molar-refractivity contribution is 0.507. The number of imidazole rings is 1. The minimum atomic E-state index is 0.625. The van der Waals surface area contributed by atoms with Crippen LogP contribution in [-0.2, 0) is 6.54 Å². The van der Waals surface area contributed by atoms with E-state index in [1.54, 1.807) is 6.07 Å². The van der Waals surface area contributed by atoms with Crippen molar-refractivity contribution in [1.29, 1.82) is 0 Å². The second-order valence-corrected chi connectivity index (χ2v) is 6.02. The van der Waals surface area contributed by atoms with Gasteiger partial charge in [-0.1, -0.05) is 23.2 Å². The van der Waals surface area contributed by atoms with Gasteiger partial charge in [-0.15, -0.1) is 0 Å². The molecular formula is C15H17Cl2N3. The molecule has 1 atom stereocenters. The number of hydrogen-bond donors (Lipinski definition) is 1. The maximum absolute atomic E-state index is 6.27. The van der Waals surface area contributed by atoms with Crippen molar-refractivity contribution in [2.45, 2.75) is 31.8 Å². The van der Waals surface area contributed by atoms with E-state index in [-0.39, 0.29) is 0 Å². The zero-order chi connectivity index (χ0) is 13.9. The van der Waals surface area contributed by atoms with Crippen LogP contribution in [0.5, 0.6) is 0 Å². The SMILES string of the molecule is Clc1ccc(Cl)c(-c2cncn2CCC2CCCN2)c1. The third kappa shape index (κ3) is 3.00. The normalized spacial score (nSPS) is 18.6. The number of nitrogens with one attached hydrogen (secondary N) is 1. The fourth-order valence-electron chi connectivity index (χ4n) is 2.72. The Kier molecular flexibility index (Phi) is 4.29. The largest absolute Gasteiger partial charge is 0.331 e. The molecule has 0 radical (unpaired) electrons. The zero-order valence-electron chi connectivity index (χ0n) is 11.1. The summed E-state index contributed by atoms with van der Waals surface area (Å²) in [6.45, 7) is 2.08. The molecule has 1 aliphatic rings. The van der Waals surface area contributed by atoms with E-state index in [1.807, 2.05) is 24.7 Å². The summed E-state index contributed by atoms with van der Waals surface area (Å²) in [5.74, 6) is 0. The van der Waals surface area contributed by atoms with Crippen LogP contribution in [0.3, 0.4) is 0 Å². The molecule has 1 aromatic carbocycles. The minimum absolute atomic E-state index is 0.625. The first-order valence-corrected chi connectivity index (χ1v) is 7.68.